The van der Waals surface area contributed by atoms with E-state index in [1.54, 1.807) is 4.57 Å². The molecule has 1 aliphatic heterocycles. The normalized spacial score (nSPS) is 18.3. The van der Waals surface area contributed by atoms with Crippen LogP contribution in [0.4, 0.5) is 0 Å². The Morgan fingerprint density at radius 1 is 1.35 bits per heavy atom. The van der Waals surface area contributed by atoms with Crippen LogP contribution >= 0.6 is 0 Å². The Bertz CT molecular complexity index is 624. The highest BCUT2D eigenvalue weighted by atomic mass is 16.5. The van der Waals surface area contributed by atoms with E-state index in [0.29, 0.717) is 13.2 Å². The van der Waals surface area contributed by atoms with E-state index in [4.69, 9.17) is 10.5 Å². The number of nitrogens with two attached hydrogens (primary N) is 1. The third kappa shape index (κ3) is 2.37. The Hall–Kier alpha value is -1.65. The van der Waals surface area contributed by atoms with Gasteiger partial charge in [0.05, 0.1) is 5.52 Å². The maximum Gasteiger partial charge on any atom is 0.234 e. The Labute approximate surface area is 118 Å². The number of fused-ring (bicyclic) bond motifs is 1. The first-order chi connectivity index (χ1) is 9.66. The predicted octanol–water partition coefficient (Wildman–Crippen LogP) is 2.73. The summed E-state index contributed by atoms with van der Waals surface area (Å²) < 4.78 is 7.10. The number of rotatable bonds is 2. The molecule has 3 rings (SSSR count). The number of nitrogens with zero attached hydrogens (tertiary/aromatic N) is 1. The largest absolute Gasteiger partial charge is 0.381 e. The van der Waals surface area contributed by atoms with Gasteiger partial charge in [-0.25, -0.2) is 0 Å². The SMILES string of the molecule is C[C@@H](N)c1ccc2c(ccn2C(=O)C2CCOCC2)c1. The highest BCUT2D eigenvalue weighted by Gasteiger charge is 2.23. The second kappa shape index (κ2) is 5.38. The van der Waals surface area contributed by atoms with Crippen LogP contribution in [0.1, 0.15) is 36.2 Å². The first-order valence-corrected chi connectivity index (χ1v) is 7.15. The zero-order valence-electron chi connectivity index (χ0n) is 11.7. The molecule has 1 aliphatic rings. The average molecular weight is 272 g/mol. The van der Waals surface area contributed by atoms with Crippen molar-refractivity contribution in [3.63, 3.8) is 0 Å². The number of ether oxygens (including phenoxy) is 1. The molecule has 0 radical (unpaired) electrons. The fourth-order valence-electron chi connectivity index (χ4n) is 2.78. The van der Waals surface area contributed by atoms with Crippen molar-refractivity contribution in [3.05, 3.63) is 36.0 Å². The van der Waals surface area contributed by atoms with E-state index in [0.717, 1.165) is 29.3 Å². The molecule has 0 bridgehead atoms. The third-order valence-corrected chi connectivity index (χ3v) is 4.05. The topological polar surface area (TPSA) is 57.2 Å². The Kier molecular flexibility index (Phi) is 3.59. The molecule has 2 heterocycles. The summed E-state index contributed by atoms with van der Waals surface area (Å²) in [5.74, 6) is 0.254. The van der Waals surface area contributed by atoms with Gasteiger partial charge in [0.2, 0.25) is 5.91 Å². The zero-order chi connectivity index (χ0) is 14.1. The predicted molar refractivity (Wildman–Crippen MR) is 78.7 cm³/mol. The third-order valence-electron chi connectivity index (χ3n) is 4.05. The Balaban J connectivity index is 1.93. The molecular weight excluding hydrogens is 252 g/mol. The minimum Gasteiger partial charge on any atom is -0.381 e. The van der Waals surface area contributed by atoms with Crippen molar-refractivity contribution in [2.75, 3.05) is 13.2 Å². The smallest absolute Gasteiger partial charge is 0.234 e. The van der Waals surface area contributed by atoms with E-state index in [1.165, 1.54) is 0 Å². The molecule has 2 aromatic rings. The van der Waals surface area contributed by atoms with Crippen molar-refractivity contribution in [2.45, 2.75) is 25.8 Å². The minimum absolute atomic E-state index is 0.00828. The number of hydrogen-bond acceptors (Lipinski definition) is 3. The van der Waals surface area contributed by atoms with Gasteiger partial charge in [0, 0.05) is 36.8 Å². The molecule has 1 aromatic heterocycles. The van der Waals surface area contributed by atoms with E-state index in [9.17, 15) is 4.79 Å². The van der Waals surface area contributed by atoms with Crippen molar-refractivity contribution in [1.29, 1.82) is 0 Å². The fraction of sp³-hybridized carbons (Fsp3) is 0.438. The minimum atomic E-state index is 0.00828. The van der Waals surface area contributed by atoms with E-state index in [-0.39, 0.29) is 17.9 Å². The molecule has 1 saturated heterocycles. The van der Waals surface area contributed by atoms with Gasteiger partial charge < -0.3 is 10.5 Å². The lowest BCUT2D eigenvalue weighted by Crippen LogP contribution is -2.27. The van der Waals surface area contributed by atoms with Crippen LogP contribution in [0.3, 0.4) is 0 Å². The Morgan fingerprint density at radius 3 is 2.80 bits per heavy atom. The van der Waals surface area contributed by atoms with Crippen molar-refractivity contribution in [3.8, 4) is 0 Å². The molecule has 0 saturated carbocycles. The number of aromatic nitrogens is 1. The highest BCUT2D eigenvalue weighted by molar-refractivity contribution is 5.93. The molecule has 4 heteroatoms. The van der Waals surface area contributed by atoms with Crippen LogP contribution in [-0.4, -0.2) is 23.7 Å². The van der Waals surface area contributed by atoms with Gasteiger partial charge in [-0.05, 0) is 43.5 Å². The summed E-state index contributed by atoms with van der Waals surface area (Å²) in [6.07, 6.45) is 3.50. The quantitative estimate of drug-likeness (QED) is 0.914. The maximum absolute atomic E-state index is 12.6. The van der Waals surface area contributed by atoms with E-state index < -0.39 is 0 Å². The molecule has 0 aliphatic carbocycles. The van der Waals surface area contributed by atoms with E-state index >= 15 is 0 Å². The summed E-state index contributed by atoms with van der Waals surface area (Å²) in [4.78, 5) is 12.6. The molecule has 1 fully saturated rings. The molecule has 1 atom stereocenters. The van der Waals surface area contributed by atoms with Crippen LogP contribution in [-0.2, 0) is 4.74 Å². The summed E-state index contributed by atoms with van der Waals surface area (Å²) in [7, 11) is 0. The molecule has 0 amide bonds. The van der Waals surface area contributed by atoms with Gasteiger partial charge in [-0.2, -0.15) is 0 Å². The van der Waals surface area contributed by atoms with Crippen molar-refractivity contribution >= 4 is 16.8 Å². The zero-order valence-corrected chi connectivity index (χ0v) is 11.7. The fourth-order valence-corrected chi connectivity index (χ4v) is 2.78. The first-order valence-electron chi connectivity index (χ1n) is 7.15. The van der Waals surface area contributed by atoms with Gasteiger partial charge in [-0.1, -0.05) is 6.07 Å². The monoisotopic (exact) mass is 272 g/mol. The van der Waals surface area contributed by atoms with Crippen LogP contribution < -0.4 is 5.73 Å². The lowest BCUT2D eigenvalue weighted by molar-refractivity contribution is 0.0490. The number of hydrogen-bond donors (Lipinski definition) is 1. The average Bonchev–Trinajstić information content (AvgIpc) is 2.90. The standard InChI is InChI=1S/C16H20N2O2/c1-11(17)13-2-3-15-14(10-13)4-7-18(15)16(19)12-5-8-20-9-6-12/h2-4,7,10-12H,5-6,8-9,17H2,1H3/t11-/m1/s1. The second-order valence-corrected chi connectivity index (χ2v) is 5.52. The number of carbonyl (C=O) groups is 1. The molecular formula is C16H20N2O2. The molecule has 0 unspecified atom stereocenters. The van der Waals surface area contributed by atoms with Crippen molar-refractivity contribution in [1.82, 2.24) is 4.57 Å². The molecule has 20 heavy (non-hydrogen) atoms. The van der Waals surface area contributed by atoms with E-state index in [1.807, 2.05) is 31.3 Å². The molecule has 106 valence electrons. The molecule has 2 N–H and O–H groups in total. The van der Waals surface area contributed by atoms with Crippen LogP contribution in [0.5, 0.6) is 0 Å². The van der Waals surface area contributed by atoms with Gasteiger partial charge in [-0.3, -0.25) is 9.36 Å². The van der Waals surface area contributed by atoms with E-state index in [2.05, 4.69) is 6.07 Å². The van der Waals surface area contributed by atoms with Gasteiger partial charge in [0.25, 0.3) is 0 Å². The highest BCUT2D eigenvalue weighted by Crippen LogP contribution is 2.24. The van der Waals surface area contributed by atoms with Crippen LogP contribution in [0.25, 0.3) is 10.9 Å². The Morgan fingerprint density at radius 2 is 2.10 bits per heavy atom. The lowest BCUT2D eigenvalue weighted by atomic mass is 9.99. The van der Waals surface area contributed by atoms with Gasteiger partial charge in [0.15, 0.2) is 0 Å². The summed E-state index contributed by atoms with van der Waals surface area (Å²) in [5.41, 5.74) is 7.96. The first kappa shape index (κ1) is 13.3. The van der Waals surface area contributed by atoms with Gasteiger partial charge in [0.1, 0.15) is 0 Å². The summed E-state index contributed by atoms with van der Waals surface area (Å²) >= 11 is 0. The van der Waals surface area contributed by atoms with Crippen LogP contribution in [0.15, 0.2) is 30.5 Å². The van der Waals surface area contributed by atoms with Crippen molar-refractivity contribution in [2.24, 2.45) is 11.7 Å². The van der Waals surface area contributed by atoms with Crippen molar-refractivity contribution < 1.29 is 9.53 Å². The lowest BCUT2D eigenvalue weighted by Gasteiger charge is -2.21. The molecule has 1 aromatic carbocycles. The van der Waals surface area contributed by atoms with Gasteiger partial charge in [-0.15, -0.1) is 0 Å². The summed E-state index contributed by atoms with van der Waals surface area (Å²) in [6, 6.07) is 8.05. The van der Waals surface area contributed by atoms with Crippen LogP contribution in [0.2, 0.25) is 0 Å². The molecule has 0 spiro atoms. The van der Waals surface area contributed by atoms with Gasteiger partial charge >= 0.3 is 0 Å². The number of benzene rings is 1. The number of carbonyl (C=O) groups excluding carboxylic acids is 1. The van der Waals surface area contributed by atoms with Crippen LogP contribution in [0, 0.1) is 5.92 Å². The summed E-state index contributed by atoms with van der Waals surface area (Å²) in [5, 5.41) is 1.07. The summed E-state index contributed by atoms with van der Waals surface area (Å²) in [6.45, 7) is 3.33. The second-order valence-electron chi connectivity index (χ2n) is 5.52. The maximum atomic E-state index is 12.6. The molecule has 4 nitrogen and oxygen atoms in total.